The van der Waals surface area contributed by atoms with Gasteiger partial charge in [0.25, 0.3) is 0 Å². The first kappa shape index (κ1) is 121. The van der Waals surface area contributed by atoms with Crippen molar-refractivity contribution in [3.05, 3.63) is 49.1 Å². The zero-order chi connectivity index (χ0) is 93.7. The van der Waals surface area contributed by atoms with Gasteiger partial charge in [0.15, 0.2) is 0 Å². The molecule has 4 atom stereocenters. The van der Waals surface area contributed by atoms with Crippen molar-refractivity contribution >= 4 is 47.2 Å². The second kappa shape index (κ2) is 84.6. The molecule has 0 fully saturated rings. The van der Waals surface area contributed by atoms with Crippen LogP contribution in [0, 0.1) is 21.7 Å². The van der Waals surface area contributed by atoms with Crippen LogP contribution in [0.25, 0.3) is 0 Å². The molecular formula is C110H202N6O12. The van der Waals surface area contributed by atoms with Gasteiger partial charge in [-0.1, -0.05) is 389 Å². The molecule has 0 amide bonds. The largest absolute Gasteiger partial charge is 0.481 e. The summed E-state index contributed by atoms with van der Waals surface area (Å²) in [5, 5.41) is 48.8. The van der Waals surface area contributed by atoms with E-state index in [-0.39, 0.29) is 11.9 Å². The standard InChI is InChI=1S/2C55H101N3O6/c2*1-5-9-13-17-19-27-39-54(52(60)61,37-25-15-11-7-3)41-29-21-23-31-46-58(48-33-49-64-51(59)36-45-57-50-34-43-56-44-35-50)47-32-24-22-30-42-55(53(62)63,38-26-16-12-8-4)40-28-20-18-14-10-6-2/h2*34-35,43-44H,5-33,36-42,45-49H2,1-4H3,(H,56,57)(H,60,61)(H,62,63). The lowest BCUT2D eigenvalue weighted by Crippen LogP contribution is -2.31. The number of carboxylic acid groups (broad SMARTS) is 4. The molecule has 2 aromatic rings. The number of nitrogens with zero attached hydrogens (tertiary/aromatic N) is 4. The number of esters is 2. The highest BCUT2D eigenvalue weighted by Gasteiger charge is 2.40. The molecule has 128 heavy (non-hydrogen) atoms. The first-order valence-electron chi connectivity index (χ1n) is 54.3. The second-order valence-corrected chi connectivity index (χ2v) is 39.0. The molecule has 0 spiro atoms. The van der Waals surface area contributed by atoms with Crippen LogP contribution < -0.4 is 10.6 Å². The average molecular weight is 1800 g/mol. The fourth-order valence-corrected chi connectivity index (χ4v) is 19.2. The van der Waals surface area contributed by atoms with Gasteiger partial charge in [-0.3, -0.25) is 38.7 Å². The Labute approximate surface area is 785 Å². The Balaban J connectivity index is 0.00000128. The van der Waals surface area contributed by atoms with E-state index < -0.39 is 45.5 Å². The van der Waals surface area contributed by atoms with E-state index >= 15 is 0 Å². The third kappa shape index (κ3) is 63.7. The molecule has 744 valence electrons. The highest BCUT2D eigenvalue weighted by molar-refractivity contribution is 5.76. The van der Waals surface area contributed by atoms with Crippen LogP contribution in [0.1, 0.15) is 518 Å². The number of hydrogen-bond acceptors (Lipinski definition) is 14. The summed E-state index contributed by atoms with van der Waals surface area (Å²) in [6, 6.07) is 7.52. The van der Waals surface area contributed by atoms with E-state index in [1.54, 1.807) is 24.8 Å². The Hall–Kier alpha value is -5.36. The zero-order valence-corrected chi connectivity index (χ0v) is 84.4. The van der Waals surface area contributed by atoms with Crippen LogP contribution in [0.3, 0.4) is 0 Å². The summed E-state index contributed by atoms with van der Waals surface area (Å²) >= 11 is 0. The molecule has 0 saturated carbocycles. The molecule has 18 nitrogen and oxygen atoms in total. The summed E-state index contributed by atoms with van der Waals surface area (Å²) in [7, 11) is 0. The van der Waals surface area contributed by atoms with E-state index in [4.69, 9.17) is 9.47 Å². The lowest BCUT2D eigenvalue weighted by molar-refractivity contribution is -0.151. The summed E-state index contributed by atoms with van der Waals surface area (Å²) in [4.78, 5) is 89.5. The van der Waals surface area contributed by atoms with Crippen LogP contribution in [-0.2, 0) is 38.2 Å². The predicted molar refractivity (Wildman–Crippen MR) is 538 cm³/mol. The van der Waals surface area contributed by atoms with Crippen LogP contribution in [0.15, 0.2) is 49.1 Å². The molecule has 0 aliphatic carbocycles. The maximum atomic E-state index is 12.9. The number of hydrogen-bond donors (Lipinski definition) is 6. The molecule has 0 radical (unpaired) electrons. The maximum Gasteiger partial charge on any atom is 0.309 e. The number of rotatable bonds is 96. The maximum absolute atomic E-state index is 12.9. The highest BCUT2D eigenvalue weighted by atomic mass is 16.5. The van der Waals surface area contributed by atoms with Crippen LogP contribution in [0.2, 0.25) is 0 Å². The Bertz CT molecular complexity index is 2560. The number of carbonyl (C=O) groups is 6. The Morgan fingerprint density at radius 3 is 0.602 bits per heavy atom. The van der Waals surface area contributed by atoms with Crippen LogP contribution >= 0.6 is 0 Å². The topological polar surface area (TPSA) is 258 Å². The number of carbonyl (C=O) groups excluding carboxylic acids is 2. The third-order valence-corrected chi connectivity index (χ3v) is 27.8. The summed E-state index contributed by atoms with van der Waals surface area (Å²) in [6.07, 6.45) is 82.0. The van der Waals surface area contributed by atoms with Crippen LogP contribution in [0.5, 0.6) is 0 Å². The zero-order valence-electron chi connectivity index (χ0n) is 84.4. The number of ether oxygens (including phenoxy) is 2. The molecule has 0 aliphatic heterocycles. The summed E-state index contributed by atoms with van der Waals surface area (Å²) in [5.74, 6) is -2.68. The molecule has 0 bridgehead atoms. The number of pyridine rings is 2. The van der Waals surface area contributed by atoms with Crippen molar-refractivity contribution in [3.8, 4) is 0 Å². The van der Waals surface area contributed by atoms with Crippen molar-refractivity contribution in [1.82, 2.24) is 19.8 Å². The third-order valence-electron chi connectivity index (χ3n) is 27.8. The number of nitrogens with one attached hydrogen (secondary N) is 2. The smallest absolute Gasteiger partial charge is 0.309 e. The van der Waals surface area contributed by atoms with Gasteiger partial charge in [-0.25, -0.2) is 0 Å². The Kier molecular flexibility index (Phi) is 79.8. The minimum absolute atomic E-state index is 0.188. The van der Waals surface area contributed by atoms with Gasteiger partial charge >= 0.3 is 35.8 Å². The van der Waals surface area contributed by atoms with Gasteiger partial charge in [-0.2, -0.15) is 0 Å². The normalized spacial score (nSPS) is 13.5. The van der Waals surface area contributed by atoms with Gasteiger partial charge in [-0.05, 0) is 166 Å². The average Bonchev–Trinajstić information content (AvgIpc) is 0.862. The van der Waals surface area contributed by atoms with Gasteiger partial charge in [0.05, 0.1) is 47.7 Å². The van der Waals surface area contributed by atoms with Crippen molar-refractivity contribution in [2.45, 2.75) is 518 Å². The van der Waals surface area contributed by atoms with E-state index in [0.29, 0.717) is 39.1 Å². The summed E-state index contributed by atoms with van der Waals surface area (Å²) < 4.78 is 11.2. The second-order valence-electron chi connectivity index (χ2n) is 39.0. The SMILES string of the molecule is CCCCCCCCC(CCCCCC)(CCCCCCN(CCCCCCC(CCCCCC)(CCCCCCCC)C(=O)O)CCCOC(=O)CCNc1ccncc1)C(=O)O.CCCCCCCCC(CCCCCC)(CCCCCCN(CCCCCCC(CCCCCC)(CCCCCCCC)C(=O)O)CCCOC(=O)CCNc1ccncc1)C(=O)O. The first-order chi connectivity index (χ1) is 62.4. The number of unbranched alkanes of at least 4 members (excludes halogenated alkanes) is 44. The number of carboxylic acids is 4. The van der Waals surface area contributed by atoms with Crippen molar-refractivity contribution in [2.75, 3.05) is 76.2 Å². The molecule has 6 N–H and O–H groups in total. The minimum atomic E-state index is -0.579. The number of aromatic nitrogens is 2. The van der Waals surface area contributed by atoms with Crippen LogP contribution in [0.4, 0.5) is 11.4 Å². The molecule has 18 heteroatoms. The molecule has 2 aromatic heterocycles. The van der Waals surface area contributed by atoms with Gasteiger partial charge in [0, 0.05) is 62.3 Å². The van der Waals surface area contributed by atoms with E-state index in [1.807, 2.05) is 24.3 Å². The molecule has 2 rings (SSSR count). The van der Waals surface area contributed by atoms with E-state index in [2.05, 4.69) is 85.8 Å². The Morgan fingerprint density at radius 1 is 0.250 bits per heavy atom. The van der Waals surface area contributed by atoms with Crippen LogP contribution in [-0.4, -0.2) is 142 Å². The van der Waals surface area contributed by atoms with Gasteiger partial charge in [-0.15, -0.1) is 0 Å². The highest BCUT2D eigenvalue weighted by Crippen LogP contribution is 2.42. The number of anilines is 2. The summed E-state index contributed by atoms with van der Waals surface area (Å²) in [6.45, 7) is 25.3. The monoisotopic (exact) mass is 1800 g/mol. The van der Waals surface area contributed by atoms with Gasteiger partial charge < -0.3 is 50.3 Å². The Morgan fingerprint density at radius 2 is 0.414 bits per heavy atom. The van der Waals surface area contributed by atoms with Crippen molar-refractivity contribution in [1.29, 1.82) is 0 Å². The predicted octanol–water partition coefficient (Wildman–Crippen LogP) is 31.2. The van der Waals surface area contributed by atoms with Gasteiger partial charge in [0.2, 0.25) is 0 Å². The van der Waals surface area contributed by atoms with E-state index in [0.717, 1.165) is 372 Å². The van der Waals surface area contributed by atoms with Crippen molar-refractivity contribution in [3.63, 3.8) is 0 Å². The fraction of sp³-hybridized carbons (Fsp3) is 0.855. The molecule has 2 heterocycles. The molecule has 0 aliphatic rings. The quantitative estimate of drug-likeness (QED) is 0.0266. The van der Waals surface area contributed by atoms with Crippen molar-refractivity contribution < 1.29 is 58.7 Å². The molecular weight excluding hydrogens is 1600 g/mol. The van der Waals surface area contributed by atoms with E-state index in [9.17, 15) is 49.2 Å². The minimum Gasteiger partial charge on any atom is -0.481 e. The fourth-order valence-electron chi connectivity index (χ4n) is 19.2. The molecule has 0 aromatic carbocycles. The first-order valence-corrected chi connectivity index (χ1v) is 54.3. The van der Waals surface area contributed by atoms with Gasteiger partial charge in [0.1, 0.15) is 0 Å². The lowest BCUT2D eigenvalue weighted by Gasteiger charge is -2.30. The van der Waals surface area contributed by atoms with Crippen molar-refractivity contribution in [2.24, 2.45) is 21.7 Å². The summed E-state index contributed by atoms with van der Waals surface area (Å²) in [5.41, 5.74) is -0.441. The molecule has 0 saturated heterocycles. The molecule has 4 unspecified atom stereocenters. The lowest BCUT2D eigenvalue weighted by atomic mass is 9.74. The van der Waals surface area contributed by atoms with E-state index in [1.165, 1.54) is 128 Å². The number of aliphatic carboxylic acids is 4.